The zero-order chi connectivity index (χ0) is 13.3. The van der Waals surface area contributed by atoms with Gasteiger partial charge in [-0.2, -0.15) is 11.3 Å². The first-order valence-electron chi connectivity index (χ1n) is 6.82. The summed E-state index contributed by atoms with van der Waals surface area (Å²) in [6, 6.07) is 2.03. The van der Waals surface area contributed by atoms with E-state index in [1.807, 2.05) is 16.3 Å². The van der Waals surface area contributed by atoms with Gasteiger partial charge in [0.1, 0.15) is 5.54 Å². The van der Waals surface area contributed by atoms with E-state index in [1.165, 1.54) is 0 Å². The van der Waals surface area contributed by atoms with Crippen molar-refractivity contribution in [1.82, 2.24) is 10.2 Å². The van der Waals surface area contributed by atoms with Gasteiger partial charge in [-0.25, -0.2) is 0 Å². The molecule has 2 amide bonds. The lowest BCUT2D eigenvalue weighted by Crippen LogP contribution is -2.67. The minimum Gasteiger partial charge on any atom is -0.345 e. The van der Waals surface area contributed by atoms with E-state index in [0.29, 0.717) is 6.54 Å². The van der Waals surface area contributed by atoms with Crippen LogP contribution in [0.25, 0.3) is 0 Å². The molecule has 2 aliphatic rings. The molecule has 4 nitrogen and oxygen atoms in total. The molecule has 1 spiro atoms. The topological polar surface area (TPSA) is 49.4 Å². The number of carbonyl (C=O) groups is 2. The summed E-state index contributed by atoms with van der Waals surface area (Å²) >= 11 is 1.63. The van der Waals surface area contributed by atoms with E-state index < -0.39 is 5.54 Å². The van der Waals surface area contributed by atoms with Gasteiger partial charge in [-0.3, -0.25) is 9.59 Å². The van der Waals surface area contributed by atoms with E-state index in [4.69, 9.17) is 0 Å². The van der Waals surface area contributed by atoms with Crippen LogP contribution in [-0.2, 0) is 16.1 Å². The summed E-state index contributed by atoms with van der Waals surface area (Å²) in [6.07, 6.45) is 4.82. The predicted octanol–water partition coefficient (Wildman–Crippen LogP) is 1.91. The van der Waals surface area contributed by atoms with Crippen molar-refractivity contribution >= 4 is 23.2 Å². The van der Waals surface area contributed by atoms with Crippen molar-refractivity contribution in [2.24, 2.45) is 0 Å². The Kier molecular flexibility index (Phi) is 3.31. The molecule has 1 aliphatic carbocycles. The fourth-order valence-corrected chi connectivity index (χ4v) is 3.88. The van der Waals surface area contributed by atoms with E-state index in [0.717, 1.165) is 37.7 Å². The van der Waals surface area contributed by atoms with E-state index >= 15 is 0 Å². The number of rotatable bonds is 2. The highest BCUT2D eigenvalue weighted by atomic mass is 32.1. The molecule has 3 rings (SSSR count). The molecule has 102 valence electrons. The minimum atomic E-state index is -0.588. The maximum atomic E-state index is 12.4. The van der Waals surface area contributed by atoms with Crippen LogP contribution in [0.2, 0.25) is 0 Å². The third kappa shape index (κ3) is 2.16. The van der Waals surface area contributed by atoms with E-state index in [2.05, 4.69) is 10.7 Å². The second-order valence-electron chi connectivity index (χ2n) is 5.39. The Balaban J connectivity index is 1.91. The molecule has 1 N–H and O–H groups in total. The van der Waals surface area contributed by atoms with Gasteiger partial charge in [-0.15, -0.1) is 0 Å². The number of piperazine rings is 1. The summed E-state index contributed by atoms with van der Waals surface area (Å²) in [6.45, 7) is 0.709. The molecule has 0 unspecified atom stereocenters. The summed E-state index contributed by atoms with van der Waals surface area (Å²) in [5, 5.41) is 6.84. The summed E-state index contributed by atoms with van der Waals surface area (Å²) in [7, 11) is 0. The van der Waals surface area contributed by atoms with Crippen molar-refractivity contribution in [3.05, 3.63) is 22.4 Å². The fourth-order valence-electron chi connectivity index (χ4n) is 3.22. The monoisotopic (exact) mass is 278 g/mol. The second kappa shape index (κ2) is 4.96. The van der Waals surface area contributed by atoms with E-state index in [9.17, 15) is 9.59 Å². The Morgan fingerprint density at radius 1 is 1.26 bits per heavy atom. The van der Waals surface area contributed by atoms with Gasteiger partial charge in [0.25, 0.3) is 0 Å². The van der Waals surface area contributed by atoms with E-state index in [-0.39, 0.29) is 18.4 Å². The van der Waals surface area contributed by atoms with Crippen molar-refractivity contribution in [3.8, 4) is 0 Å². The van der Waals surface area contributed by atoms with Gasteiger partial charge in [0, 0.05) is 6.54 Å². The van der Waals surface area contributed by atoms with Crippen LogP contribution in [0.5, 0.6) is 0 Å². The zero-order valence-corrected chi connectivity index (χ0v) is 11.7. The van der Waals surface area contributed by atoms with Gasteiger partial charge in [0.15, 0.2) is 0 Å². The van der Waals surface area contributed by atoms with Gasteiger partial charge in [-0.05, 0) is 35.2 Å². The SMILES string of the molecule is O=C1CNC(=O)C2(CCCCC2)N1Cc1ccsc1. The lowest BCUT2D eigenvalue weighted by atomic mass is 9.78. The largest absolute Gasteiger partial charge is 0.345 e. The van der Waals surface area contributed by atoms with Crippen LogP contribution in [0.15, 0.2) is 16.8 Å². The summed E-state index contributed by atoms with van der Waals surface area (Å²) < 4.78 is 0. The molecule has 1 saturated carbocycles. The van der Waals surface area contributed by atoms with Gasteiger partial charge < -0.3 is 10.2 Å². The van der Waals surface area contributed by atoms with Crippen molar-refractivity contribution in [1.29, 1.82) is 0 Å². The Morgan fingerprint density at radius 3 is 2.74 bits per heavy atom. The number of amides is 2. The molecule has 19 heavy (non-hydrogen) atoms. The first kappa shape index (κ1) is 12.7. The summed E-state index contributed by atoms with van der Waals surface area (Å²) in [5.41, 5.74) is 0.535. The molecule has 0 bridgehead atoms. The van der Waals surface area contributed by atoms with Gasteiger partial charge in [0.2, 0.25) is 11.8 Å². The fraction of sp³-hybridized carbons (Fsp3) is 0.571. The minimum absolute atomic E-state index is 0.0435. The lowest BCUT2D eigenvalue weighted by Gasteiger charge is -2.47. The van der Waals surface area contributed by atoms with Crippen molar-refractivity contribution in [3.63, 3.8) is 0 Å². The molecule has 2 fully saturated rings. The molecular weight excluding hydrogens is 260 g/mol. The third-order valence-corrected chi connectivity index (χ3v) is 4.97. The second-order valence-corrected chi connectivity index (χ2v) is 6.17. The number of nitrogens with zero attached hydrogens (tertiary/aromatic N) is 1. The molecule has 1 aromatic rings. The Morgan fingerprint density at radius 2 is 2.05 bits per heavy atom. The maximum Gasteiger partial charge on any atom is 0.246 e. The number of nitrogens with one attached hydrogen (secondary N) is 1. The quantitative estimate of drug-likeness (QED) is 0.898. The Hall–Kier alpha value is -1.36. The van der Waals surface area contributed by atoms with E-state index in [1.54, 1.807) is 11.3 Å². The van der Waals surface area contributed by atoms with Crippen molar-refractivity contribution in [2.45, 2.75) is 44.2 Å². The van der Waals surface area contributed by atoms with Crippen LogP contribution in [0.3, 0.4) is 0 Å². The third-order valence-electron chi connectivity index (χ3n) is 4.24. The number of hydrogen-bond acceptors (Lipinski definition) is 3. The summed E-state index contributed by atoms with van der Waals surface area (Å²) in [5.74, 6) is 0.0923. The Bertz CT molecular complexity index is 478. The average Bonchev–Trinajstić information content (AvgIpc) is 2.94. The first-order valence-corrected chi connectivity index (χ1v) is 7.76. The highest BCUT2D eigenvalue weighted by Crippen LogP contribution is 2.36. The van der Waals surface area contributed by atoms with Gasteiger partial charge >= 0.3 is 0 Å². The smallest absolute Gasteiger partial charge is 0.246 e. The Labute approximate surface area is 116 Å². The molecule has 0 aromatic carbocycles. The van der Waals surface area contributed by atoms with Crippen LogP contribution < -0.4 is 5.32 Å². The van der Waals surface area contributed by atoms with Crippen LogP contribution >= 0.6 is 11.3 Å². The lowest BCUT2D eigenvalue weighted by molar-refractivity contribution is -0.157. The number of hydrogen-bond donors (Lipinski definition) is 1. The average molecular weight is 278 g/mol. The molecule has 0 radical (unpaired) electrons. The van der Waals surface area contributed by atoms with Crippen LogP contribution in [-0.4, -0.2) is 28.8 Å². The predicted molar refractivity (Wildman–Crippen MR) is 73.7 cm³/mol. The summed E-state index contributed by atoms with van der Waals surface area (Å²) in [4.78, 5) is 26.4. The molecule has 2 heterocycles. The van der Waals surface area contributed by atoms with Gasteiger partial charge in [0.05, 0.1) is 6.54 Å². The standard InChI is InChI=1S/C14H18N2O2S/c17-12-8-15-13(18)14(5-2-1-3-6-14)16(12)9-11-4-7-19-10-11/h4,7,10H,1-3,5-6,8-9H2,(H,15,18). The molecule has 1 saturated heterocycles. The van der Waals surface area contributed by atoms with Crippen LogP contribution in [0.4, 0.5) is 0 Å². The number of carbonyl (C=O) groups excluding carboxylic acids is 2. The molecule has 1 aliphatic heterocycles. The first-order chi connectivity index (χ1) is 9.22. The normalized spacial score (nSPS) is 22.6. The number of thiophene rings is 1. The van der Waals surface area contributed by atoms with Crippen LogP contribution in [0.1, 0.15) is 37.7 Å². The molecule has 1 aromatic heterocycles. The van der Waals surface area contributed by atoms with Crippen molar-refractivity contribution < 1.29 is 9.59 Å². The molecular formula is C14H18N2O2S. The highest BCUT2D eigenvalue weighted by molar-refractivity contribution is 7.07. The molecule has 0 atom stereocenters. The molecule has 5 heteroatoms. The van der Waals surface area contributed by atoms with Crippen molar-refractivity contribution in [2.75, 3.05) is 6.54 Å². The highest BCUT2D eigenvalue weighted by Gasteiger charge is 2.49. The van der Waals surface area contributed by atoms with Crippen LogP contribution in [0, 0.1) is 0 Å². The maximum absolute atomic E-state index is 12.4. The van der Waals surface area contributed by atoms with Gasteiger partial charge in [-0.1, -0.05) is 19.3 Å². The zero-order valence-electron chi connectivity index (χ0n) is 10.9.